The van der Waals surface area contributed by atoms with Crippen molar-refractivity contribution in [2.45, 2.75) is 32.2 Å². The Hall–Kier alpha value is -1.62. The van der Waals surface area contributed by atoms with E-state index in [1.807, 2.05) is 24.4 Å². The van der Waals surface area contributed by atoms with Crippen LogP contribution >= 0.6 is 11.3 Å². The molecule has 0 aliphatic carbocycles. The third kappa shape index (κ3) is 3.44. The van der Waals surface area contributed by atoms with Crippen LogP contribution in [0.4, 0.5) is 0 Å². The fourth-order valence-electron chi connectivity index (χ4n) is 2.34. The Labute approximate surface area is 116 Å². The molecular weight excluding hydrogens is 262 g/mol. The molecule has 1 saturated heterocycles. The van der Waals surface area contributed by atoms with Crippen molar-refractivity contribution in [3.63, 3.8) is 0 Å². The Balaban J connectivity index is 2.01. The van der Waals surface area contributed by atoms with Gasteiger partial charge in [0.15, 0.2) is 0 Å². The van der Waals surface area contributed by atoms with Gasteiger partial charge in [0.1, 0.15) is 0 Å². The maximum absolute atomic E-state index is 12.1. The number of hydrogen-bond donors (Lipinski definition) is 1. The second kappa shape index (κ2) is 6.02. The number of rotatable bonds is 4. The first kappa shape index (κ1) is 13.8. The van der Waals surface area contributed by atoms with Crippen LogP contribution in [0.2, 0.25) is 0 Å². The smallest absolute Gasteiger partial charge is 0.305 e. The minimum Gasteiger partial charge on any atom is -0.481 e. The van der Waals surface area contributed by atoms with E-state index in [0.717, 1.165) is 23.3 Å². The van der Waals surface area contributed by atoms with E-state index >= 15 is 0 Å². The lowest BCUT2D eigenvalue weighted by molar-refractivity contribution is -0.139. The summed E-state index contributed by atoms with van der Waals surface area (Å²) in [5.41, 5.74) is 1.15. The van der Waals surface area contributed by atoms with Gasteiger partial charge in [-0.25, -0.2) is 0 Å². The normalized spacial score (nSPS) is 19.2. The number of amides is 1. The number of carboxylic acids is 1. The van der Waals surface area contributed by atoms with Crippen molar-refractivity contribution in [3.8, 4) is 0 Å². The van der Waals surface area contributed by atoms with Gasteiger partial charge >= 0.3 is 5.97 Å². The van der Waals surface area contributed by atoms with E-state index in [-0.39, 0.29) is 18.4 Å². The molecule has 19 heavy (non-hydrogen) atoms. The highest BCUT2D eigenvalue weighted by atomic mass is 32.1. The van der Waals surface area contributed by atoms with E-state index in [1.165, 1.54) is 0 Å². The van der Waals surface area contributed by atoms with Gasteiger partial charge in [-0.2, -0.15) is 0 Å². The zero-order valence-electron chi connectivity index (χ0n) is 10.8. The summed E-state index contributed by atoms with van der Waals surface area (Å²) in [6, 6.07) is 1.86. The molecule has 1 aliphatic heterocycles. The topological polar surface area (TPSA) is 57.6 Å². The van der Waals surface area contributed by atoms with Crippen molar-refractivity contribution in [2.75, 3.05) is 6.54 Å². The predicted molar refractivity (Wildman–Crippen MR) is 75.1 cm³/mol. The predicted octanol–water partition coefficient (Wildman–Crippen LogP) is 2.54. The Kier molecular flexibility index (Phi) is 4.37. The molecule has 0 saturated carbocycles. The number of carboxylic acid groups (broad SMARTS) is 1. The highest BCUT2D eigenvalue weighted by Gasteiger charge is 2.29. The standard InChI is InChI=1S/C14H17NO3S/c1-10-6-8-19-12(10)4-5-13(16)15-7-2-3-11(15)9-14(17)18/h4-6,8,11H,2-3,7,9H2,1H3,(H,17,18). The van der Waals surface area contributed by atoms with Crippen LogP contribution in [-0.2, 0) is 9.59 Å². The molecule has 1 aromatic rings. The lowest BCUT2D eigenvalue weighted by atomic mass is 10.1. The first-order valence-corrected chi connectivity index (χ1v) is 7.20. The molecule has 1 amide bonds. The highest BCUT2D eigenvalue weighted by Crippen LogP contribution is 2.22. The highest BCUT2D eigenvalue weighted by molar-refractivity contribution is 7.11. The van der Waals surface area contributed by atoms with E-state index in [1.54, 1.807) is 22.3 Å². The second-order valence-electron chi connectivity index (χ2n) is 4.73. The fourth-order valence-corrected chi connectivity index (χ4v) is 3.16. The summed E-state index contributed by atoms with van der Waals surface area (Å²) < 4.78 is 0. The van der Waals surface area contributed by atoms with Crippen molar-refractivity contribution in [3.05, 3.63) is 28.0 Å². The fraction of sp³-hybridized carbons (Fsp3) is 0.429. The van der Waals surface area contributed by atoms with E-state index in [2.05, 4.69) is 0 Å². The van der Waals surface area contributed by atoms with Gasteiger partial charge in [0.05, 0.1) is 6.42 Å². The quantitative estimate of drug-likeness (QED) is 0.862. The SMILES string of the molecule is Cc1ccsc1C=CC(=O)N1CCCC1CC(=O)O. The summed E-state index contributed by atoms with van der Waals surface area (Å²) >= 11 is 1.59. The molecule has 0 aromatic carbocycles. The molecule has 4 nitrogen and oxygen atoms in total. The Morgan fingerprint density at radius 3 is 3.00 bits per heavy atom. The van der Waals surface area contributed by atoms with Crippen LogP contribution < -0.4 is 0 Å². The van der Waals surface area contributed by atoms with Gasteiger partial charge in [-0.15, -0.1) is 11.3 Å². The van der Waals surface area contributed by atoms with Crippen LogP contribution in [0.25, 0.3) is 6.08 Å². The number of nitrogens with zero attached hydrogens (tertiary/aromatic N) is 1. The molecule has 2 heterocycles. The Morgan fingerprint density at radius 2 is 2.37 bits per heavy atom. The zero-order valence-corrected chi connectivity index (χ0v) is 11.7. The lowest BCUT2D eigenvalue weighted by Gasteiger charge is -2.21. The molecule has 1 aliphatic rings. The Morgan fingerprint density at radius 1 is 1.58 bits per heavy atom. The summed E-state index contributed by atoms with van der Waals surface area (Å²) in [5.74, 6) is -0.931. The number of thiophene rings is 1. The third-order valence-electron chi connectivity index (χ3n) is 3.35. The van der Waals surface area contributed by atoms with Crippen LogP contribution in [0.15, 0.2) is 17.5 Å². The van der Waals surface area contributed by atoms with E-state index < -0.39 is 5.97 Å². The molecule has 0 bridgehead atoms. The molecule has 1 atom stereocenters. The van der Waals surface area contributed by atoms with Gasteiger partial charge in [0.2, 0.25) is 5.91 Å². The molecule has 1 N–H and O–H groups in total. The first-order chi connectivity index (χ1) is 9.08. The van der Waals surface area contributed by atoms with Gasteiger partial charge in [0, 0.05) is 23.5 Å². The van der Waals surface area contributed by atoms with E-state index in [4.69, 9.17) is 5.11 Å². The van der Waals surface area contributed by atoms with Crippen LogP contribution in [0.1, 0.15) is 29.7 Å². The van der Waals surface area contributed by atoms with Gasteiger partial charge in [-0.1, -0.05) is 0 Å². The average Bonchev–Trinajstić information content (AvgIpc) is 2.95. The lowest BCUT2D eigenvalue weighted by Crippen LogP contribution is -2.35. The van der Waals surface area contributed by atoms with Crippen LogP contribution in [0.3, 0.4) is 0 Å². The molecule has 1 aromatic heterocycles. The van der Waals surface area contributed by atoms with Crippen molar-refractivity contribution < 1.29 is 14.7 Å². The molecule has 2 rings (SSSR count). The monoisotopic (exact) mass is 279 g/mol. The van der Waals surface area contributed by atoms with Crippen LogP contribution in [0.5, 0.6) is 0 Å². The van der Waals surface area contributed by atoms with Crippen LogP contribution in [0, 0.1) is 6.92 Å². The molecular formula is C14H17NO3S. The number of likely N-dealkylation sites (tertiary alicyclic amines) is 1. The van der Waals surface area contributed by atoms with Crippen LogP contribution in [-0.4, -0.2) is 34.5 Å². The largest absolute Gasteiger partial charge is 0.481 e. The van der Waals surface area contributed by atoms with Crippen molar-refractivity contribution in [1.29, 1.82) is 0 Å². The van der Waals surface area contributed by atoms with Gasteiger partial charge in [0.25, 0.3) is 0 Å². The molecule has 0 radical (unpaired) electrons. The molecule has 1 unspecified atom stereocenters. The minimum atomic E-state index is -0.845. The third-order valence-corrected chi connectivity index (χ3v) is 4.33. The van der Waals surface area contributed by atoms with E-state index in [0.29, 0.717) is 6.54 Å². The number of aliphatic carboxylic acids is 1. The van der Waals surface area contributed by atoms with Crippen molar-refractivity contribution in [2.24, 2.45) is 0 Å². The van der Waals surface area contributed by atoms with Crippen molar-refractivity contribution >= 4 is 29.3 Å². The molecule has 5 heteroatoms. The average molecular weight is 279 g/mol. The number of carbonyl (C=O) groups is 2. The maximum atomic E-state index is 12.1. The maximum Gasteiger partial charge on any atom is 0.305 e. The van der Waals surface area contributed by atoms with Gasteiger partial charge < -0.3 is 10.0 Å². The number of carbonyl (C=O) groups excluding carboxylic acids is 1. The summed E-state index contributed by atoms with van der Waals surface area (Å²) in [4.78, 5) is 25.6. The first-order valence-electron chi connectivity index (χ1n) is 6.32. The molecule has 1 fully saturated rings. The van der Waals surface area contributed by atoms with E-state index in [9.17, 15) is 9.59 Å². The van der Waals surface area contributed by atoms with Gasteiger partial charge in [-0.3, -0.25) is 9.59 Å². The molecule has 102 valence electrons. The van der Waals surface area contributed by atoms with Crippen molar-refractivity contribution in [1.82, 2.24) is 4.90 Å². The summed E-state index contributed by atoms with van der Waals surface area (Å²) in [6.07, 6.45) is 5.08. The molecule has 0 spiro atoms. The zero-order chi connectivity index (χ0) is 13.8. The minimum absolute atomic E-state index is 0.0393. The Bertz CT molecular complexity index is 507. The number of aryl methyl sites for hydroxylation is 1. The number of hydrogen-bond acceptors (Lipinski definition) is 3. The summed E-state index contributed by atoms with van der Waals surface area (Å²) in [6.45, 7) is 2.66. The summed E-state index contributed by atoms with van der Waals surface area (Å²) in [7, 11) is 0. The summed E-state index contributed by atoms with van der Waals surface area (Å²) in [5, 5.41) is 10.8. The van der Waals surface area contributed by atoms with Gasteiger partial charge in [-0.05, 0) is 42.9 Å². The second-order valence-corrected chi connectivity index (χ2v) is 5.67.